The van der Waals surface area contributed by atoms with Gasteiger partial charge < -0.3 is 19.7 Å². The van der Waals surface area contributed by atoms with Crippen molar-refractivity contribution in [3.8, 4) is 11.5 Å². The van der Waals surface area contributed by atoms with Crippen LogP contribution in [-0.4, -0.2) is 30.0 Å². The Balaban J connectivity index is 2.25. The van der Waals surface area contributed by atoms with Gasteiger partial charge >= 0.3 is 6.09 Å². The van der Waals surface area contributed by atoms with E-state index in [2.05, 4.69) is 21.2 Å². The van der Waals surface area contributed by atoms with E-state index in [0.717, 1.165) is 4.47 Å². The third-order valence-electron chi connectivity index (χ3n) is 4.29. The van der Waals surface area contributed by atoms with Gasteiger partial charge in [-0.2, -0.15) is 0 Å². The van der Waals surface area contributed by atoms with Crippen molar-refractivity contribution in [2.24, 2.45) is 5.41 Å². The molecular weight excluding hydrogens is 414 g/mol. The second-order valence-electron chi connectivity index (χ2n) is 6.81. The number of benzene rings is 2. The number of phenolic OH excluding ortho intramolecular Hbond substituents is 1. The maximum Gasteiger partial charge on any atom is 0.412 e. The summed E-state index contributed by atoms with van der Waals surface area (Å²) >= 11 is 3.34. The van der Waals surface area contributed by atoms with Gasteiger partial charge in [0.15, 0.2) is 11.5 Å². The van der Waals surface area contributed by atoms with Crippen LogP contribution in [0.15, 0.2) is 46.9 Å². The van der Waals surface area contributed by atoms with Gasteiger partial charge in [-0.05, 0) is 48.4 Å². The normalized spacial score (nSPS) is 12.3. The number of anilines is 1. The monoisotopic (exact) mass is 437 g/mol. The first-order valence-corrected chi connectivity index (χ1v) is 9.27. The quantitative estimate of drug-likeness (QED) is 0.575. The fourth-order valence-corrected chi connectivity index (χ4v) is 3.02. The van der Waals surface area contributed by atoms with Gasteiger partial charge in [-0.1, -0.05) is 35.8 Å². The van der Waals surface area contributed by atoms with Crippen molar-refractivity contribution in [2.45, 2.75) is 26.4 Å². The third kappa shape index (κ3) is 5.61. The highest BCUT2D eigenvalue weighted by Crippen LogP contribution is 2.41. The number of carbonyl (C=O) groups excluding carboxylic acids is 1. The topological polar surface area (TPSA) is 88.0 Å². The molecule has 146 valence electrons. The highest BCUT2D eigenvalue weighted by Gasteiger charge is 2.34. The molecule has 1 atom stereocenters. The van der Waals surface area contributed by atoms with E-state index in [0.29, 0.717) is 23.4 Å². The van der Waals surface area contributed by atoms with Crippen molar-refractivity contribution in [2.75, 3.05) is 19.0 Å². The molecule has 6 nitrogen and oxygen atoms in total. The van der Waals surface area contributed by atoms with Crippen molar-refractivity contribution < 1.29 is 24.5 Å². The molecule has 0 saturated heterocycles. The lowest BCUT2D eigenvalue weighted by Crippen LogP contribution is -2.29. The molecule has 2 rings (SSSR count). The maximum absolute atomic E-state index is 12.4. The number of amides is 1. The van der Waals surface area contributed by atoms with Gasteiger partial charge in [-0.3, -0.25) is 5.32 Å². The van der Waals surface area contributed by atoms with Crippen LogP contribution >= 0.6 is 15.9 Å². The fourth-order valence-electron chi connectivity index (χ4n) is 2.76. The molecule has 0 fully saturated rings. The maximum atomic E-state index is 12.4. The molecule has 2 aromatic carbocycles. The Labute approximate surface area is 167 Å². The molecule has 3 N–H and O–H groups in total. The van der Waals surface area contributed by atoms with Crippen LogP contribution in [0.5, 0.6) is 11.5 Å². The Bertz CT molecular complexity index is 776. The number of aromatic hydroxyl groups is 1. The minimum absolute atomic E-state index is 0.0447. The molecule has 0 aliphatic heterocycles. The van der Waals surface area contributed by atoms with Crippen LogP contribution in [0.1, 0.15) is 31.9 Å². The summed E-state index contributed by atoms with van der Waals surface area (Å²) in [5.74, 6) is 0.286. The molecule has 0 bridgehead atoms. The summed E-state index contributed by atoms with van der Waals surface area (Å²) in [6.45, 7) is 3.73. The minimum atomic E-state index is -0.683. The zero-order valence-electron chi connectivity index (χ0n) is 15.5. The first-order valence-electron chi connectivity index (χ1n) is 8.48. The van der Waals surface area contributed by atoms with E-state index in [1.165, 1.54) is 13.2 Å². The Morgan fingerprint density at radius 2 is 1.89 bits per heavy atom. The summed E-state index contributed by atoms with van der Waals surface area (Å²) in [7, 11) is 1.46. The zero-order chi connectivity index (χ0) is 20.0. The van der Waals surface area contributed by atoms with Crippen LogP contribution in [0, 0.1) is 5.41 Å². The smallest absolute Gasteiger partial charge is 0.412 e. The molecule has 27 heavy (non-hydrogen) atoms. The Morgan fingerprint density at radius 3 is 2.44 bits per heavy atom. The van der Waals surface area contributed by atoms with E-state index in [1.54, 1.807) is 24.3 Å². The number of phenols is 1. The average Bonchev–Trinajstić information content (AvgIpc) is 2.61. The van der Waals surface area contributed by atoms with Crippen LogP contribution in [0.4, 0.5) is 10.5 Å². The average molecular weight is 438 g/mol. The van der Waals surface area contributed by atoms with Gasteiger partial charge in [0.1, 0.15) is 6.10 Å². The Morgan fingerprint density at radius 1 is 1.22 bits per heavy atom. The van der Waals surface area contributed by atoms with Crippen LogP contribution in [0.25, 0.3) is 0 Å². The summed E-state index contributed by atoms with van der Waals surface area (Å²) in [5.41, 5.74) is 0.643. The third-order valence-corrected chi connectivity index (χ3v) is 4.82. The van der Waals surface area contributed by atoms with Crippen molar-refractivity contribution in [1.82, 2.24) is 0 Å². The Hall–Kier alpha value is -2.25. The molecule has 7 heteroatoms. The molecule has 0 radical (unpaired) electrons. The van der Waals surface area contributed by atoms with Crippen molar-refractivity contribution in [1.29, 1.82) is 0 Å². The van der Waals surface area contributed by atoms with E-state index < -0.39 is 17.6 Å². The molecule has 0 saturated carbocycles. The Kier molecular flexibility index (Phi) is 7.10. The lowest BCUT2D eigenvalue weighted by Gasteiger charge is -2.34. The molecule has 1 amide bonds. The second-order valence-corrected chi connectivity index (χ2v) is 7.73. The standard InChI is InChI=1S/C20H24BrNO5/c1-20(2,10-11-23)18(13-4-9-17(26-3)16(24)12-13)27-19(25)22-15-7-5-14(21)6-8-15/h4-9,12,18,23-24H,10-11H2,1-3H3,(H,22,25)/t18-/m0/s1. The number of methoxy groups -OCH3 is 1. The predicted molar refractivity (Wildman–Crippen MR) is 107 cm³/mol. The number of nitrogens with one attached hydrogen (secondary N) is 1. The van der Waals surface area contributed by atoms with Crippen molar-refractivity contribution in [3.05, 3.63) is 52.5 Å². The second kappa shape index (κ2) is 9.10. The van der Waals surface area contributed by atoms with E-state index in [-0.39, 0.29) is 12.4 Å². The van der Waals surface area contributed by atoms with E-state index in [1.807, 2.05) is 26.0 Å². The number of halogens is 1. The molecule has 0 unspecified atom stereocenters. The van der Waals surface area contributed by atoms with Gasteiger partial charge in [0.2, 0.25) is 0 Å². The zero-order valence-corrected chi connectivity index (χ0v) is 17.1. The van der Waals surface area contributed by atoms with Crippen LogP contribution in [-0.2, 0) is 4.74 Å². The van der Waals surface area contributed by atoms with Crippen LogP contribution in [0.2, 0.25) is 0 Å². The highest BCUT2D eigenvalue weighted by atomic mass is 79.9. The van der Waals surface area contributed by atoms with Crippen molar-refractivity contribution >= 4 is 27.7 Å². The summed E-state index contributed by atoms with van der Waals surface area (Å²) in [6, 6.07) is 12.0. The lowest BCUT2D eigenvalue weighted by atomic mass is 9.80. The number of aliphatic hydroxyl groups excluding tert-OH is 1. The van der Waals surface area contributed by atoms with Gasteiger partial charge in [-0.25, -0.2) is 4.79 Å². The number of ether oxygens (including phenoxy) is 2. The number of hydrogen-bond acceptors (Lipinski definition) is 5. The molecule has 0 spiro atoms. The molecular formula is C20H24BrNO5. The highest BCUT2D eigenvalue weighted by molar-refractivity contribution is 9.10. The molecule has 0 aromatic heterocycles. The first kappa shape index (κ1) is 21.1. The van der Waals surface area contributed by atoms with Gasteiger partial charge in [-0.15, -0.1) is 0 Å². The van der Waals surface area contributed by atoms with E-state index in [9.17, 15) is 15.0 Å². The SMILES string of the molecule is COc1ccc([C@H](OC(=O)Nc2ccc(Br)cc2)C(C)(C)CCO)cc1O. The number of carbonyl (C=O) groups is 1. The van der Waals surface area contributed by atoms with Gasteiger partial charge in [0, 0.05) is 22.2 Å². The fraction of sp³-hybridized carbons (Fsp3) is 0.350. The number of hydrogen-bond donors (Lipinski definition) is 3. The van der Waals surface area contributed by atoms with Crippen LogP contribution < -0.4 is 10.1 Å². The summed E-state index contributed by atoms with van der Waals surface area (Å²) in [4.78, 5) is 12.4. The van der Waals surface area contributed by atoms with E-state index in [4.69, 9.17) is 9.47 Å². The molecule has 0 aliphatic carbocycles. The minimum Gasteiger partial charge on any atom is -0.504 e. The predicted octanol–water partition coefficient (Wildman–Crippen LogP) is 4.86. The molecule has 0 heterocycles. The van der Waals surface area contributed by atoms with E-state index >= 15 is 0 Å². The largest absolute Gasteiger partial charge is 0.504 e. The first-order chi connectivity index (χ1) is 12.8. The summed E-state index contributed by atoms with van der Waals surface area (Å²) in [6.07, 6.45) is -0.892. The molecule has 2 aromatic rings. The van der Waals surface area contributed by atoms with Crippen molar-refractivity contribution in [3.63, 3.8) is 0 Å². The lowest BCUT2D eigenvalue weighted by molar-refractivity contribution is 0.0151. The number of rotatable bonds is 7. The van der Waals surface area contributed by atoms with Gasteiger partial charge in [0.05, 0.1) is 7.11 Å². The molecule has 0 aliphatic rings. The summed E-state index contributed by atoms with van der Waals surface area (Å²) < 4.78 is 11.7. The number of aliphatic hydroxyl groups is 1. The van der Waals surface area contributed by atoms with Gasteiger partial charge in [0.25, 0.3) is 0 Å². The van der Waals surface area contributed by atoms with Crippen LogP contribution in [0.3, 0.4) is 0 Å². The summed E-state index contributed by atoms with van der Waals surface area (Å²) in [5, 5.41) is 22.2.